The number of nitrogens with one attached hydrogen (secondary N) is 1. The Morgan fingerprint density at radius 1 is 1.21 bits per heavy atom. The van der Waals surface area contributed by atoms with Gasteiger partial charge in [0.15, 0.2) is 5.78 Å². The molecule has 0 bridgehead atoms. The van der Waals surface area contributed by atoms with E-state index in [-0.39, 0.29) is 5.78 Å². The highest BCUT2D eigenvalue weighted by Gasteiger charge is 2.25. The van der Waals surface area contributed by atoms with Gasteiger partial charge in [-0.25, -0.2) is 0 Å². The monoisotopic (exact) mass is 191 g/mol. The third kappa shape index (κ3) is 2.20. The van der Waals surface area contributed by atoms with Crippen molar-refractivity contribution in [3.05, 3.63) is 35.4 Å². The minimum atomic E-state index is -0.491. The fourth-order valence-corrected chi connectivity index (χ4v) is 1.18. The molecule has 0 aromatic heterocycles. The summed E-state index contributed by atoms with van der Waals surface area (Å²) < 4.78 is 0. The van der Waals surface area contributed by atoms with Gasteiger partial charge >= 0.3 is 0 Å². The highest BCUT2D eigenvalue weighted by Crippen LogP contribution is 2.12. The maximum atomic E-state index is 11.9. The summed E-state index contributed by atoms with van der Waals surface area (Å²) in [4.78, 5) is 11.9. The molecule has 0 unspecified atom stereocenters. The third-order valence-corrected chi connectivity index (χ3v) is 2.51. The molecular weight excluding hydrogens is 174 g/mol. The number of rotatable bonds is 3. The van der Waals surface area contributed by atoms with Crippen LogP contribution in [0.25, 0.3) is 0 Å². The molecule has 0 saturated carbocycles. The van der Waals surface area contributed by atoms with Crippen LogP contribution in [0, 0.1) is 6.92 Å². The molecule has 0 atom stereocenters. The Morgan fingerprint density at radius 3 is 2.14 bits per heavy atom. The van der Waals surface area contributed by atoms with E-state index in [0.717, 1.165) is 5.56 Å². The number of Topliss-reactive ketones (excluding diaryl/α,β-unsaturated/α-hetero) is 1. The van der Waals surface area contributed by atoms with Crippen molar-refractivity contribution in [1.82, 2.24) is 5.32 Å². The Balaban J connectivity index is 2.96. The molecule has 1 rings (SSSR count). The summed E-state index contributed by atoms with van der Waals surface area (Å²) >= 11 is 0. The quantitative estimate of drug-likeness (QED) is 0.742. The molecule has 1 aromatic carbocycles. The van der Waals surface area contributed by atoms with E-state index in [0.29, 0.717) is 0 Å². The maximum absolute atomic E-state index is 11.9. The van der Waals surface area contributed by atoms with Gasteiger partial charge in [0.25, 0.3) is 0 Å². The van der Waals surface area contributed by atoms with Crippen LogP contribution in [0.3, 0.4) is 0 Å². The predicted octanol–water partition coefficient (Wildman–Crippen LogP) is 2.18. The Hall–Kier alpha value is -1.15. The Kier molecular flexibility index (Phi) is 3.06. The molecule has 1 N–H and O–H groups in total. The van der Waals surface area contributed by atoms with Crippen LogP contribution in [-0.4, -0.2) is 18.4 Å². The molecule has 0 spiro atoms. The zero-order valence-corrected chi connectivity index (χ0v) is 9.22. The number of ketones is 1. The largest absolute Gasteiger partial charge is 0.308 e. The standard InChI is InChI=1S/C12H17NO/c1-9-5-7-10(8-6-9)11(14)12(2,3)13-4/h5-8,13H,1-4H3. The first-order valence-electron chi connectivity index (χ1n) is 4.78. The van der Waals surface area contributed by atoms with Crippen LogP contribution in [-0.2, 0) is 0 Å². The molecule has 0 saturated heterocycles. The third-order valence-electron chi connectivity index (χ3n) is 2.51. The van der Waals surface area contributed by atoms with Gasteiger partial charge in [-0.15, -0.1) is 0 Å². The smallest absolute Gasteiger partial charge is 0.182 e. The summed E-state index contributed by atoms with van der Waals surface area (Å²) in [5.74, 6) is 0.125. The van der Waals surface area contributed by atoms with Gasteiger partial charge in [0, 0.05) is 5.56 Å². The van der Waals surface area contributed by atoms with Crippen molar-refractivity contribution in [2.45, 2.75) is 26.3 Å². The number of hydrogen-bond acceptors (Lipinski definition) is 2. The number of carbonyl (C=O) groups excluding carboxylic acids is 1. The minimum Gasteiger partial charge on any atom is -0.308 e. The highest BCUT2D eigenvalue weighted by molar-refractivity contribution is 6.02. The molecule has 0 aliphatic carbocycles. The van der Waals surface area contributed by atoms with Crippen molar-refractivity contribution < 1.29 is 4.79 Å². The molecule has 2 nitrogen and oxygen atoms in total. The Bertz CT molecular complexity index is 325. The number of hydrogen-bond donors (Lipinski definition) is 1. The number of benzene rings is 1. The lowest BCUT2D eigenvalue weighted by molar-refractivity contribution is 0.0889. The Morgan fingerprint density at radius 2 is 1.71 bits per heavy atom. The molecule has 0 aliphatic heterocycles. The molecule has 76 valence electrons. The number of carbonyl (C=O) groups is 1. The summed E-state index contributed by atoms with van der Waals surface area (Å²) in [5.41, 5.74) is 1.44. The fraction of sp³-hybridized carbons (Fsp3) is 0.417. The second-order valence-electron chi connectivity index (χ2n) is 4.07. The average molecular weight is 191 g/mol. The highest BCUT2D eigenvalue weighted by atomic mass is 16.1. The van der Waals surface area contributed by atoms with E-state index in [1.165, 1.54) is 5.56 Å². The number of likely N-dealkylation sites (N-methyl/N-ethyl adjacent to an activating group) is 1. The normalized spacial score (nSPS) is 11.4. The first-order chi connectivity index (χ1) is 6.47. The summed E-state index contributed by atoms with van der Waals surface area (Å²) in [6, 6.07) is 7.66. The summed E-state index contributed by atoms with van der Waals surface area (Å²) in [6.07, 6.45) is 0. The summed E-state index contributed by atoms with van der Waals surface area (Å²) in [5, 5.41) is 3.00. The van der Waals surface area contributed by atoms with E-state index in [4.69, 9.17) is 0 Å². The van der Waals surface area contributed by atoms with Crippen LogP contribution in [0.15, 0.2) is 24.3 Å². The predicted molar refractivity (Wildman–Crippen MR) is 58.6 cm³/mol. The van der Waals surface area contributed by atoms with Crippen molar-refractivity contribution in [3.63, 3.8) is 0 Å². The summed E-state index contributed by atoms with van der Waals surface area (Å²) in [6.45, 7) is 5.78. The lowest BCUT2D eigenvalue weighted by atomic mass is 9.93. The molecule has 0 heterocycles. The van der Waals surface area contributed by atoms with Crippen molar-refractivity contribution in [3.8, 4) is 0 Å². The van der Waals surface area contributed by atoms with Crippen molar-refractivity contribution in [2.75, 3.05) is 7.05 Å². The lowest BCUT2D eigenvalue weighted by Gasteiger charge is -2.22. The van der Waals surface area contributed by atoms with Crippen LogP contribution < -0.4 is 5.32 Å². The van der Waals surface area contributed by atoms with Crippen molar-refractivity contribution in [2.24, 2.45) is 0 Å². The van der Waals surface area contributed by atoms with E-state index in [9.17, 15) is 4.79 Å². The van der Waals surface area contributed by atoms with E-state index in [1.807, 2.05) is 45.0 Å². The van der Waals surface area contributed by atoms with E-state index >= 15 is 0 Å². The average Bonchev–Trinajstić information content (AvgIpc) is 2.18. The van der Waals surface area contributed by atoms with Gasteiger partial charge in [0.05, 0.1) is 5.54 Å². The van der Waals surface area contributed by atoms with Crippen LogP contribution in [0.1, 0.15) is 29.8 Å². The topological polar surface area (TPSA) is 29.1 Å². The summed E-state index contributed by atoms with van der Waals surface area (Å²) in [7, 11) is 1.80. The van der Waals surface area contributed by atoms with Crippen molar-refractivity contribution >= 4 is 5.78 Å². The maximum Gasteiger partial charge on any atom is 0.182 e. The molecule has 0 amide bonds. The van der Waals surface area contributed by atoms with E-state index in [1.54, 1.807) is 7.05 Å². The second kappa shape index (κ2) is 3.93. The number of aryl methyl sites for hydroxylation is 1. The van der Waals surface area contributed by atoms with E-state index < -0.39 is 5.54 Å². The van der Waals surface area contributed by atoms with Crippen LogP contribution in [0.4, 0.5) is 0 Å². The van der Waals surface area contributed by atoms with Crippen LogP contribution in [0.5, 0.6) is 0 Å². The van der Waals surface area contributed by atoms with Gasteiger partial charge in [-0.3, -0.25) is 4.79 Å². The molecule has 0 radical (unpaired) electrons. The first-order valence-corrected chi connectivity index (χ1v) is 4.78. The molecule has 14 heavy (non-hydrogen) atoms. The van der Waals surface area contributed by atoms with Gasteiger partial charge < -0.3 is 5.32 Å². The second-order valence-corrected chi connectivity index (χ2v) is 4.07. The van der Waals surface area contributed by atoms with Gasteiger partial charge in [0.2, 0.25) is 0 Å². The molecule has 2 heteroatoms. The Labute approximate surface area is 85.3 Å². The lowest BCUT2D eigenvalue weighted by Crippen LogP contribution is -2.44. The van der Waals surface area contributed by atoms with Gasteiger partial charge in [-0.1, -0.05) is 29.8 Å². The van der Waals surface area contributed by atoms with Crippen LogP contribution >= 0.6 is 0 Å². The zero-order chi connectivity index (χ0) is 10.8. The van der Waals surface area contributed by atoms with Crippen LogP contribution in [0.2, 0.25) is 0 Å². The molecule has 0 fully saturated rings. The molecule has 0 aliphatic rings. The van der Waals surface area contributed by atoms with E-state index in [2.05, 4.69) is 5.32 Å². The molecule has 1 aromatic rings. The first kappa shape index (κ1) is 10.9. The molecular formula is C12H17NO. The van der Waals surface area contributed by atoms with Gasteiger partial charge in [0.1, 0.15) is 0 Å². The minimum absolute atomic E-state index is 0.125. The SMILES string of the molecule is CNC(C)(C)C(=O)c1ccc(C)cc1. The van der Waals surface area contributed by atoms with Crippen molar-refractivity contribution in [1.29, 1.82) is 0 Å². The fourth-order valence-electron chi connectivity index (χ4n) is 1.18. The zero-order valence-electron chi connectivity index (χ0n) is 9.22. The van der Waals surface area contributed by atoms with Gasteiger partial charge in [-0.05, 0) is 27.8 Å². The van der Waals surface area contributed by atoms with Gasteiger partial charge in [-0.2, -0.15) is 0 Å².